The molecule has 2 amide bonds. The molecule has 0 radical (unpaired) electrons. The van der Waals surface area contributed by atoms with Gasteiger partial charge in [0.2, 0.25) is 6.29 Å². The van der Waals surface area contributed by atoms with Crippen LogP contribution in [0.1, 0.15) is 12.5 Å². The first-order chi connectivity index (χ1) is 12.9. The topological polar surface area (TPSA) is 95.1 Å². The molecule has 1 saturated heterocycles. The number of nitrogens with one attached hydrogen (secondary N) is 2. The first-order valence-corrected chi connectivity index (χ1v) is 10.3. The fourth-order valence-electron chi connectivity index (χ4n) is 2.31. The second kappa shape index (κ2) is 10.5. The van der Waals surface area contributed by atoms with Gasteiger partial charge in [-0.2, -0.15) is 11.8 Å². The number of carbonyl (C=O) groups is 2. The minimum atomic E-state index is -0.986. The number of rotatable bonds is 8. The van der Waals surface area contributed by atoms with Gasteiger partial charge in [0.1, 0.15) is 11.5 Å². The molecule has 1 unspecified atom stereocenters. The molecule has 1 aliphatic heterocycles. The van der Waals surface area contributed by atoms with E-state index in [1.54, 1.807) is 26.0 Å². The van der Waals surface area contributed by atoms with Gasteiger partial charge >= 0.3 is 12.2 Å². The molecule has 0 aromatic heterocycles. The maximum Gasteiger partial charge on any atom is 0.410 e. The lowest BCUT2D eigenvalue weighted by atomic mass is 10.1. The van der Waals surface area contributed by atoms with E-state index in [1.165, 1.54) is 6.92 Å². The van der Waals surface area contributed by atoms with Crippen molar-refractivity contribution in [1.29, 1.82) is 0 Å². The smallest absolute Gasteiger partial charge is 0.410 e. The summed E-state index contributed by atoms with van der Waals surface area (Å²) in [7, 11) is 3.15. The average molecular weight is 463 g/mol. The van der Waals surface area contributed by atoms with Crippen molar-refractivity contribution in [3.05, 3.63) is 22.2 Å². The summed E-state index contributed by atoms with van der Waals surface area (Å²) in [6.45, 7) is 1.80. The van der Waals surface area contributed by atoms with Gasteiger partial charge in [0.15, 0.2) is 0 Å². The Morgan fingerprint density at radius 2 is 1.85 bits per heavy atom. The molecule has 2 N–H and O–H groups in total. The van der Waals surface area contributed by atoms with Gasteiger partial charge < -0.3 is 29.6 Å². The molecule has 10 heteroatoms. The fraction of sp³-hybridized carbons (Fsp3) is 0.529. The molecule has 0 bridgehead atoms. The van der Waals surface area contributed by atoms with Gasteiger partial charge in [-0.25, -0.2) is 9.59 Å². The Morgan fingerprint density at radius 3 is 2.44 bits per heavy atom. The van der Waals surface area contributed by atoms with Gasteiger partial charge in [-0.15, -0.1) is 0 Å². The molecule has 1 fully saturated rings. The van der Waals surface area contributed by atoms with Gasteiger partial charge in [0, 0.05) is 25.0 Å². The highest BCUT2D eigenvalue weighted by Crippen LogP contribution is 2.32. The summed E-state index contributed by atoms with van der Waals surface area (Å²) in [6, 6.07) is 3.77. The SMILES string of the molecule is COc1cc(CCNC(=O)OC(C)OC(=O)NC2CSC2)c(OC)cc1Br. The number of methoxy groups -OCH3 is 2. The van der Waals surface area contributed by atoms with Crippen molar-refractivity contribution in [2.24, 2.45) is 0 Å². The van der Waals surface area contributed by atoms with Crippen molar-refractivity contribution in [3.63, 3.8) is 0 Å². The van der Waals surface area contributed by atoms with Crippen LogP contribution < -0.4 is 20.1 Å². The quantitative estimate of drug-likeness (QED) is 0.573. The second-order valence-electron chi connectivity index (χ2n) is 5.73. The second-order valence-corrected chi connectivity index (χ2v) is 7.66. The number of amides is 2. The number of halogens is 1. The molecule has 27 heavy (non-hydrogen) atoms. The molecule has 2 rings (SSSR count). The third kappa shape index (κ3) is 6.69. The van der Waals surface area contributed by atoms with E-state index in [1.807, 2.05) is 12.1 Å². The van der Waals surface area contributed by atoms with E-state index in [-0.39, 0.29) is 6.04 Å². The molecule has 1 heterocycles. The first kappa shape index (κ1) is 21.5. The molecule has 150 valence electrons. The summed E-state index contributed by atoms with van der Waals surface area (Å²) >= 11 is 5.15. The van der Waals surface area contributed by atoms with Gasteiger partial charge in [0.05, 0.1) is 24.7 Å². The zero-order chi connectivity index (χ0) is 19.8. The van der Waals surface area contributed by atoms with Gasteiger partial charge in [-0.3, -0.25) is 0 Å². The lowest BCUT2D eigenvalue weighted by molar-refractivity contribution is -0.0484. The molecule has 0 aliphatic carbocycles. The molecule has 1 aromatic rings. The zero-order valence-electron chi connectivity index (χ0n) is 15.4. The van der Waals surface area contributed by atoms with Gasteiger partial charge in [0.25, 0.3) is 0 Å². The van der Waals surface area contributed by atoms with E-state index in [4.69, 9.17) is 18.9 Å². The highest BCUT2D eigenvalue weighted by atomic mass is 79.9. The van der Waals surface area contributed by atoms with Crippen LogP contribution in [-0.4, -0.2) is 56.8 Å². The lowest BCUT2D eigenvalue weighted by Crippen LogP contribution is -2.45. The summed E-state index contributed by atoms with van der Waals surface area (Å²) in [5, 5.41) is 5.31. The van der Waals surface area contributed by atoms with E-state index in [0.717, 1.165) is 21.5 Å². The van der Waals surface area contributed by atoms with Crippen LogP contribution in [0.25, 0.3) is 0 Å². The lowest BCUT2D eigenvalue weighted by Gasteiger charge is -2.26. The van der Waals surface area contributed by atoms with Crippen LogP contribution in [0.4, 0.5) is 9.59 Å². The molecule has 0 spiro atoms. The third-order valence-electron chi connectivity index (χ3n) is 3.72. The number of carbonyl (C=O) groups excluding carboxylic acids is 2. The summed E-state index contributed by atoms with van der Waals surface area (Å²) < 4.78 is 21.4. The number of thioether (sulfide) groups is 1. The van der Waals surface area contributed by atoms with Crippen molar-refractivity contribution in [3.8, 4) is 11.5 Å². The minimum Gasteiger partial charge on any atom is -0.496 e. The van der Waals surface area contributed by atoms with Crippen molar-refractivity contribution in [2.75, 3.05) is 32.3 Å². The number of alkyl carbamates (subject to hydrolysis) is 2. The highest BCUT2D eigenvalue weighted by Gasteiger charge is 2.22. The standard InChI is InChI=1S/C17H23BrN2O6S/c1-10(26-17(22)20-12-8-27-9-12)25-16(21)19-5-4-11-6-15(24-3)13(18)7-14(11)23-2/h6-7,10,12H,4-5,8-9H2,1-3H3,(H,19,21)(H,20,22). The maximum atomic E-state index is 11.8. The molecular weight excluding hydrogens is 440 g/mol. The average Bonchev–Trinajstić information content (AvgIpc) is 2.58. The fourth-order valence-corrected chi connectivity index (χ4v) is 3.43. The van der Waals surface area contributed by atoms with Crippen LogP contribution in [0.2, 0.25) is 0 Å². The van der Waals surface area contributed by atoms with E-state index >= 15 is 0 Å². The van der Waals surface area contributed by atoms with Crippen molar-refractivity contribution >= 4 is 39.9 Å². The van der Waals surface area contributed by atoms with Crippen LogP contribution in [0.15, 0.2) is 16.6 Å². The number of benzene rings is 1. The van der Waals surface area contributed by atoms with Gasteiger partial charge in [-0.1, -0.05) is 0 Å². The van der Waals surface area contributed by atoms with Crippen LogP contribution in [0.5, 0.6) is 11.5 Å². The van der Waals surface area contributed by atoms with Crippen LogP contribution in [0, 0.1) is 0 Å². The number of hydrogen-bond acceptors (Lipinski definition) is 7. The maximum absolute atomic E-state index is 11.8. The van der Waals surface area contributed by atoms with Crippen LogP contribution in [-0.2, 0) is 15.9 Å². The zero-order valence-corrected chi connectivity index (χ0v) is 17.8. The van der Waals surface area contributed by atoms with Crippen molar-refractivity contribution < 1.29 is 28.5 Å². The Balaban J connectivity index is 1.74. The summed E-state index contributed by atoms with van der Waals surface area (Å²) in [5.74, 6) is 3.09. The number of hydrogen-bond donors (Lipinski definition) is 2. The third-order valence-corrected chi connectivity index (χ3v) is 5.62. The van der Waals surface area contributed by atoms with Crippen LogP contribution in [0.3, 0.4) is 0 Å². The van der Waals surface area contributed by atoms with Crippen molar-refractivity contribution in [1.82, 2.24) is 10.6 Å². The summed E-state index contributed by atoms with van der Waals surface area (Å²) in [4.78, 5) is 23.4. The Bertz CT molecular complexity index is 671. The molecule has 1 aromatic carbocycles. The Kier molecular flexibility index (Phi) is 8.36. The van der Waals surface area contributed by atoms with E-state index in [2.05, 4.69) is 26.6 Å². The largest absolute Gasteiger partial charge is 0.496 e. The van der Waals surface area contributed by atoms with Crippen LogP contribution >= 0.6 is 27.7 Å². The predicted octanol–water partition coefficient (Wildman–Crippen LogP) is 2.92. The number of ether oxygens (including phenoxy) is 4. The Morgan fingerprint density at radius 1 is 1.19 bits per heavy atom. The highest BCUT2D eigenvalue weighted by molar-refractivity contribution is 9.10. The van der Waals surface area contributed by atoms with E-state index in [0.29, 0.717) is 24.5 Å². The van der Waals surface area contributed by atoms with Gasteiger partial charge in [-0.05, 0) is 40.0 Å². The summed E-state index contributed by atoms with van der Waals surface area (Å²) in [6.07, 6.45) is -1.73. The predicted molar refractivity (Wildman–Crippen MR) is 106 cm³/mol. The minimum absolute atomic E-state index is 0.126. The molecule has 1 atom stereocenters. The normalized spacial score (nSPS) is 14.5. The first-order valence-electron chi connectivity index (χ1n) is 8.32. The molecular formula is C17H23BrN2O6S. The molecule has 1 aliphatic rings. The molecule has 8 nitrogen and oxygen atoms in total. The Hall–Kier alpha value is -1.81. The monoisotopic (exact) mass is 462 g/mol. The van der Waals surface area contributed by atoms with Crippen molar-refractivity contribution in [2.45, 2.75) is 25.7 Å². The van der Waals surface area contributed by atoms with E-state index < -0.39 is 18.5 Å². The summed E-state index contributed by atoms with van der Waals surface area (Å²) in [5.41, 5.74) is 0.875. The van der Waals surface area contributed by atoms with E-state index in [9.17, 15) is 9.59 Å². The Labute approximate surface area is 170 Å². The molecule has 0 saturated carbocycles.